The van der Waals surface area contributed by atoms with Gasteiger partial charge in [-0.2, -0.15) is 0 Å². The molecule has 3 aliphatic rings. The molecule has 0 spiro atoms. The first kappa shape index (κ1) is 26.0. The summed E-state index contributed by atoms with van der Waals surface area (Å²) in [4.78, 5) is 55.0. The number of allylic oxidation sites excluding steroid dienone is 1. The van der Waals surface area contributed by atoms with E-state index in [0.717, 1.165) is 19.4 Å². The first-order chi connectivity index (χ1) is 17.1. The summed E-state index contributed by atoms with van der Waals surface area (Å²) in [6, 6.07) is 3.55. The van der Waals surface area contributed by atoms with Crippen LogP contribution in [0, 0.1) is 16.7 Å². The lowest BCUT2D eigenvalue weighted by atomic mass is 9.59. The molecule has 2 aliphatic heterocycles. The summed E-state index contributed by atoms with van der Waals surface area (Å²) in [6.07, 6.45) is 7.16. The number of carbonyl (C=O) groups is 4. The van der Waals surface area contributed by atoms with E-state index in [0.29, 0.717) is 43.8 Å². The maximum Gasteiger partial charge on any atom is 0.317 e. The molecule has 3 amide bonds. The summed E-state index contributed by atoms with van der Waals surface area (Å²) in [6.45, 7) is 6.22. The molecule has 2 fully saturated rings. The second-order valence-electron chi connectivity index (χ2n) is 11.0. The molecule has 2 saturated heterocycles. The molecule has 3 heterocycles. The number of hydrogen-bond donors (Lipinski definition) is 1. The van der Waals surface area contributed by atoms with Crippen LogP contribution in [-0.4, -0.2) is 60.2 Å². The molecule has 0 radical (unpaired) electrons. The lowest BCUT2D eigenvalue weighted by Crippen LogP contribution is -2.55. The number of piperidine rings is 1. The first-order valence-electron chi connectivity index (χ1n) is 12.8. The first-order valence-corrected chi connectivity index (χ1v) is 12.8. The van der Waals surface area contributed by atoms with Crippen LogP contribution in [-0.2, 0) is 30.5 Å². The Hall–Kier alpha value is -3.10. The monoisotopic (exact) mass is 499 g/mol. The highest BCUT2D eigenvalue weighted by molar-refractivity contribution is 5.92. The zero-order chi connectivity index (χ0) is 25.9. The quantitative estimate of drug-likeness (QED) is 0.413. The third kappa shape index (κ3) is 5.34. The number of carbonyl (C=O) groups excluding carboxylic acids is 4. The van der Waals surface area contributed by atoms with Crippen molar-refractivity contribution in [2.75, 3.05) is 26.7 Å². The van der Waals surface area contributed by atoms with Gasteiger partial charge in [0.15, 0.2) is 0 Å². The van der Waals surface area contributed by atoms with Gasteiger partial charge in [0.1, 0.15) is 11.2 Å². The van der Waals surface area contributed by atoms with Crippen LogP contribution in [0.2, 0.25) is 0 Å². The number of nitrogens with one attached hydrogen (secondary N) is 1. The van der Waals surface area contributed by atoms with E-state index >= 15 is 0 Å². The van der Waals surface area contributed by atoms with Crippen molar-refractivity contribution in [1.29, 1.82) is 0 Å². The van der Waals surface area contributed by atoms with Gasteiger partial charge in [0, 0.05) is 44.1 Å². The minimum absolute atomic E-state index is 0.0113. The van der Waals surface area contributed by atoms with Crippen LogP contribution in [0.4, 0.5) is 0 Å². The highest BCUT2D eigenvalue weighted by atomic mass is 16.5. The summed E-state index contributed by atoms with van der Waals surface area (Å²) in [5.41, 5.74) is -0.506. The Labute approximate surface area is 212 Å². The van der Waals surface area contributed by atoms with Gasteiger partial charge in [0.25, 0.3) is 0 Å². The van der Waals surface area contributed by atoms with Gasteiger partial charge in [-0.3, -0.25) is 19.2 Å². The number of methoxy groups -OCH3 is 1. The number of nitrogens with zero attached hydrogens (tertiary/aromatic N) is 2. The highest BCUT2D eigenvalue weighted by Gasteiger charge is 2.57. The number of amides is 3. The third-order valence-electron chi connectivity index (χ3n) is 7.62. The zero-order valence-corrected chi connectivity index (χ0v) is 21.5. The SMILES string of the molecule is COC(=O)[C@@]12C[C@@H](CC(=O)NCCCN3CCCC3=O)C(=O)N(Cc3ccco3)C1=CCC(C)(C)C2. The second kappa shape index (κ2) is 10.5. The molecule has 9 nitrogen and oxygen atoms in total. The van der Waals surface area contributed by atoms with E-state index in [4.69, 9.17) is 9.15 Å². The number of furan rings is 1. The van der Waals surface area contributed by atoms with Crippen LogP contribution >= 0.6 is 0 Å². The molecule has 1 aromatic rings. The molecule has 0 unspecified atom stereocenters. The van der Waals surface area contributed by atoms with E-state index in [1.165, 1.54) is 7.11 Å². The predicted molar refractivity (Wildman–Crippen MR) is 131 cm³/mol. The molecule has 196 valence electrons. The Bertz CT molecular complexity index is 1030. The summed E-state index contributed by atoms with van der Waals surface area (Å²) in [5.74, 6) is -0.687. The van der Waals surface area contributed by atoms with Crippen molar-refractivity contribution in [3.05, 3.63) is 35.9 Å². The summed E-state index contributed by atoms with van der Waals surface area (Å²) >= 11 is 0. The second-order valence-corrected chi connectivity index (χ2v) is 11.0. The van der Waals surface area contributed by atoms with Crippen LogP contribution < -0.4 is 5.32 Å². The molecule has 0 aromatic carbocycles. The number of likely N-dealkylation sites (tertiary alicyclic amines) is 2. The van der Waals surface area contributed by atoms with Crippen molar-refractivity contribution >= 4 is 23.7 Å². The minimum Gasteiger partial charge on any atom is -0.468 e. The van der Waals surface area contributed by atoms with Crippen LogP contribution in [0.15, 0.2) is 34.6 Å². The summed E-state index contributed by atoms with van der Waals surface area (Å²) < 4.78 is 10.8. The average Bonchev–Trinajstić information content (AvgIpc) is 3.50. The van der Waals surface area contributed by atoms with Gasteiger partial charge >= 0.3 is 5.97 Å². The molecular formula is C27H37N3O6. The summed E-state index contributed by atoms with van der Waals surface area (Å²) in [5, 5.41) is 2.90. The van der Waals surface area contributed by atoms with Crippen molar-refractivity contribution < 1.29 is 28.3 Å². The molecule has 36 heavy (non-hydrogen) atoms. The Morgan fingerprint density at radius 2 is 2.08 bits per heavy atom. The molecule has 2 atom stereocenters. The van der Waals surface area contributed by atoms with Crippen molar-refractivity contribution in [2.24, 2.45) is 16.7 Å². The van der Waals surface area contributed by atoms with E-state index < -0.39 is 11.3 Å². The fraction of sp³-hybridized carbons (Fsp3) is 0.630. The largest absolute Gasteiger partial charge is 0.468 e. The van der Waals surface area contributed by atoms with Crippen molar-refractivity contribution in [3.8, 4) is 0 Å². The fourth-order valence-corrected chi connectivity index (χ4v) is 6.01. The Morgan fingerprint density at radius 1 is 1.28 bits per heavy atom. The standard InChI is InChI=1S/C27H37N3O6/c1-26(2)10-9-21-27(18-26,25(34)35-3)16-19(24(33)30(21)17-20-7-5-14-36-20)15-22(31)28-11-6-13-29-12-4-8-23(29)32/h5,7,9,14,19H,4,6,8,10-13,15-18H2,1-3H3,(H,28,31)/t19-,27-/m1/s1. The molecule has 9 heteroatoms. The van der Waals surface area contributed by atoms with Gasteiger partial charge in [-0.15, -0.1) is 0 Å². The third-order valence-corrected chi connectivity index (χ3v) is 7.62. The van der Waals surface area contributed by atoms with Crippen molar-refractivity contribution in [1.82, 2.24) is 15.1 Å². The lowest BCUT2D eigenvalue weighted by Gasteiger charge is -2.51. The molecule has 1 N–H and O–H groups in total. The number of hydrogen-bond acceptors (Lipinski definition) is 6. The topological polar surface area (TPSA) is 109 Å². The van der Waals surface area contributed by atoms with Gasteiger partial charge in [-0.05, 0) is 49.7 Å². The molecule has 4 rings (SSSR count). The number of esters is 1. The van der Waals surface area contributed by atoms with Gasteiger partial charge < -0.3 is 24.3 Å². The molecule has 0 bridgehead atoms. The number of rotatable bonds is 9. The van der Waals surface area contributed by atoms with E-state index in [9.17, 15) is 19.2 Å². The Kier molecular flexibility index (Phi) is 7.57. The maximum atomic E-state index is 13.7. The Balaban J connectivity index is 1.50. The van der Waals surface area contributed by atoms with Crippen LogP contribution in [0.25, 0.3) is 0 Å². The fourth-order valence-electron chi connectivity index (χ4n) is 6.01. The van der Waals surface area contributed by atoms with Gasteiger partial charge in [-0.1, -0.05) is 19.9 Å². The molecule has 0 saturated carbocycles. The summed E-state index contributed by atoms with van der Waals surface area (Å²) in [7, 11) is 1.37. The molecule has 1 aromatic heterocycles. The maximum absolute atomic E-state index is 13.7. The van der Waals surface area contributed by atoms with E-state index in [1.54, 1.807) is 23.3 Å². The van der Waals surface area contributed by atoms with Crippen LogP contribution in [0.1, 0.15) is 64.6 Å². The Morgan fingerprint density at radius 3 is 2.75 bits per heavy atom. The minimum atomic E-state index is -1.00. The lowest BCUT2D eigenvalue weighted by molar-refractivity contribution is -0.162. The number of fused-ring (bicyclic) bond motifs is 1. The normalized spacial score (nSPS) is 25.4. The van der Waals surface area contributed by atoms with E-state index in [1.807, 2.05) is 11.0 Å². The van der Waals surface area contributed by atoms with Crippen molar-refractivity contribution in [2.45, 2.75) is 65.3 Å². The highest BCUT2D eigenvalue weighted by Crippen LogP contribution is 2.55. The van der Waals surface area contributed by atoms with Crippen LogP contribution in [0.5, 0.6) is 0 Å². The zero-order valence-electron chi connectivity index (χ0n) is 21.5. The van der Waals surface area contributed by atoms with Crippen LogP contribution in [0.3, 0.4) is 0 Å². The van der Waals surface area contributed by atoms with Gasteiger partial charge in [-0.25, -0.2) is 0 Å². The smallest absolute Gasteiger partial charge is 0.317 e. The number of ether oxygens (including phenoxy) is 1. The van der Waals surface area contributed by atoms with Gasteiger partial charge in [0.05, 0.1) is 19.9 Å². The van der Waals surface area contributed by atoms with E-state index in [-0.39, 0.29) is 48.5 Å². The van der Waals surface area contributed by atoms with E-state index in [2.05, 4.69) is 19.2 Å². The average molecular weight is 500 g/mol. The van der Waals surface area contributed by atoms with Crippen molar-refractivity contribution in [3.63, 3.8) is 0 Å². The predicted octanol–water partition coefficient (Wildman–Crippen LogP) is 3.01. The molecular weight excluding hydrogens is 462 g/mol. The van der Waals surface area contributed by atoms with Gasteiger partial charge in [0.2, 0.25) is 17.7 Å². The molecule has 1 aliphatic carbocycles.